The number of carboxylic acid groups (broad SMARTS) is 1. The molecule has 116 valence electrons. The van der Waals surface area contributed by atoms with Crippen LogP contribution in [0.2, 0.25) is 0 Å². The van der Waals surface area contributed by atoms with Gasteiger partial charge in [-0.05, 0) is 25.1 Å². The lowest BCUT2D eigenvalue weighted by atomic mass is 10.2. The number of sulfonamides is 1. The molecule has 1 fully saturated rings. The summed E-state index contributed by atoms with van der Waals surface area (Å²) in [7, 11) is -2.37. The fourth-order valence-corrected chi connectivity index (χ4v) is 5.20. The van der Waals surface area contributed by atoms with Crippen LogP contribution < -0.4 is 4.74 Å². The van der Waals surface area contributed by atoms with Crippen molar-refractivity contribution < 1.29 is 23.1 Å². The fraction of sp³-hybridized carbons (Fsp3) is 0.462. The van der Waals surface area contributed by atoms with Gasteiger partial charge in [-0.3, -0.25) is 0 Å². The summed E-state index contributed by atoms with van der Waals surface area (Å²) in [5.74, 6) is 0.425. The number of aromatic carboxylic acids is 1. The molecule has 0 radical (unpaired) electrons. The number of benzene rings is 1. The summed E-state index contributed by atoms with van der Waals surface area (Å²) in [5, 5.41) is 8.97. The zero-order chi connectivity index (χ0) is 15.6. The van der Waals surface area contributed by atoms with Gasteiger partial charge >= 0.3 is 5.97 Å². The molecule has 6 nitrogen and oxygen atoms in total. The maximum absolute atomic E-state index is 12.7. The van der Waals surface area contributed by atoms with Gasteiger partial charge in [-0.25, -0.2) is 13.2 Å². The highest BCUT2D eigenvalue weighted by Gasteiger charge is 2.33. The quantitative estimate of drug-likeness (QED) is 0.900. The van der Waals surface area contributed by atoms with Crippen LogP contribution in [-0.2, 0) is 10.0 Å². The van der Waals surface area contributed by atoms with E-state index in [-0.39, 0.29) is 22.3 Å². The number of thioether (sulfide) groups is 1. The molecule has 0 spiro atoms. The number of carbonyl (C=O) groups is 1. The van der Waals surface area contributed by atoms with Crippen LogP contribution in [0.4, 0.5) is 0 Å². The lowest BCUT2D eigenvalue weighted by Gasteiger charge is -2.32. The van der Waals surface area contributed by atoms with Crippen molar-refractivity contribution in [2.45, 2.75) is 17.9 Å². The Kier molecular flexibility index (Phi) is 4.80. The molecule has 0 aliphatic carbocycles. The van der Waals surface area contributed by atoms with Crippen LogP contribution in [-0.4, -0.2) is 55.0 Å². The average Bonchev–Trinajstić information content (AvgIpc) is 2.46. The molecule has 21 heavy (non-hydrogen) atoms. The highest BCUT2D eigenvalue weighted by Crippen LogP contribution is 2.31. The summed E-state index contributed by atoms with van der Waals surface area (Å²) >= 11 is 1.72. The molecule has 1 N–H and O–H groups in total. The van der Waals surface area contributed by atoms with Crippen LogP contribution in [0.5, 0.6) is 5.75 Å². The molecule has 0 bridgehead atoms. The van der Waals surface area contributed by atoms with Crippen LogP contribution in [0.3, 0.4) is 0 Å². The summed E-state index contributed by atoms with van der Waals surface area (Å²) in [6.45, 7) is 2.31. The van der Waals surface area contributed by atoms with Gasteiger partial charge in [0.15, 0.2) is 0 Å². The zero-order valence-electron chi connectivity index (χ0n) is 11.8. The first kappa shape index (κ1) is 16.1. The molecule has 1 atom stereocenters. The third kappa shape index (κ3) is 3.17. The minimum atomic E-state index is -3.69. The second-order valence-corrected chi connectivity index (χ2v) is 7.72. The zero-order valence-corrected chi connectivity index (χ0v) is 13.4. The summed E-state index contributed by atoms with van der Waals surface area (Å²) in [5.41, 5.74) is -0.00644. The van der Waals surface area contributed by atoms with E-state index in [0.29, 0.717) is 6.54 Å². The van der Waals surface area contributed by atoms with Crippen molar-refractivity contribution in [1.29, 1.82) is 0 Å². The molecule has 1 unspecified atom stereocenters. The lowest BCUT2D eigenvalue weighted by molar-refractivity contribution is 0.0696. The second kappa shape index (κ2) is 6.25. The highest BCUT2D eigenvalue weighted by molar-refractivity contribution is 7.99. The third-order valence-electron chi connectivity index (χ3n) is 3.30. The van der Waals surface area contributed by atoms with Crippen LogP contribution >= 0.6 is 11.8 Å². The van der Waals surface area contributed by atoms with Crippen LogP contribution in [0.25, 0.3) is 0 Å². The van der Waals surface area contributed by atoms with Gasteiger partial charge in [-0.2, -0.15) is 16.1 Å². The largest absolute Gasteiger partial charge is 0.495 e. The Hall–Kier alpha value is -1.25. The SMILES string of the molecule is COc1cc(C(=O)O)ccc1S(=O)(=O)N1CCSCC1C. The van der Waals surface area contributed by atoms with Gasteiger partial charge in [0.1, 0.15) is 10.6 Å². The Balaban J connectivity index is 2.46. The molecule has 1 aromatic carbocycles. The Morgan fingerprint density at radius 3 is 2.76 bits per heavy atom. The molecule has 1 aromatic rings. The van der Waals surface area contributed by atoms with Gasteiger partial charge in [0.2, 0.25) is 10.0 Å². The summed E-state index contributed by atoms with van der Waals surface area (Å²) in [6.07, 6.45) is 0. The molecular formula is C13H17NO5S2. The van der Waals surface area contributed by atoms with E-state index in [2.05, 4.69) is 0 Å². The van der Waals surface area contributed by atoms with E-state index >= 15 is 0 Å². The van der Waals surface area contributed by atoms with Crippen LogP contribution in [0, 0.1) is 0 Å². The summed E-state index contributed by atoms with van der Waals surface area (Å²) in [6, 6.07) is 3.71. The highest BCUT2D eigenvalue weighted by atomic mass is 32.2. The van der Waals surface area contributed by atoms with Crippen molar-refractivity contribution in [3.63, 3.8) is 0 Å². The number of ether oxygens (including phenoxy) is 1. The lowest BCUT2D eigenvalue weighted by Crippen LogP contribution is -2.44. The topological polar surface area (TPSA) is 83.9 Å². The molecule has 1 aliphatic rings. The van der Waals surface area contributed by atoms with E-state index in [0.717, 1.165) is 11.5 Å². The molecular weight excluding hydrogens is 314 g/mol. The van der Waals surface area contributed by atoms with E-state index in [1.807, 2.05) is 6.92 Å². The van der Waals surface area contributed by atoms with E-state index in [1.54, 1.807) is 11.8 Å². The Morgan fingerprint density at radius 1 is 1.48 bits per heavy atom. The number of methoxy groups -OCH3 is 1. The fourth-order valence-electron chi connectivity index (χ4n) is 2.21. The number of rotatable bonds is 4. The van der Waals surface area contributed by atoms with Gasteiger partial charge < -0.3 is 9.84 Å². The monoisotopic (exact) mass is 331 g/mol. The van der Waals surface area contributed by atoms with Crippen molar-refractivity contribution in [2.24, 2.45) is 0 Å². The number of hydrogen-bond donors (Lipinski definition) is 1. The minimum absolute atomic E-state index is 0.00644. The predicted molar refractivity (Wildman–Crippen MR) is 80.6 cm³/mol. The van der Waals surface area contributed by atoms with Crippen molar-refractivity contribution in [2.75, 3.05) is 25.2 Å². The number of carboxylic acids is 1. The van der Waals surface area contributed by atoms with Crippen molar-refractivity contribution in [3.8, 4) is 5.75 Å². The van der Waals surface area contributed by atoms with Crippen molar-refractivity contribution in [1.82, 2.24) is 4.31 Å². The number of nitrogens with zero attached hydrogens (tertiary/aromatic N) is 1. The first-order valence-corrected chi connectivity index (χ1v) is 8.98. The standard InChI is InChI=1S/C13H17NO5S2/c1-9-8-20-6-5-14(9)21(17,18)12-4-3-10(13(15)16)7-11(12)19-2/h3-4,7,9H,5-6,8H2,1-2H3,(H,15,16). The number of hydrogen-bond acceptors (Lipinski definition) is 5. The summed E-state index contributed by atoms with van der Waals surface area (Å²) < 4.78 is 32.0. The molecule has 0 saturated carbocycles. The molecule has 1 heterocycles. The van der Waals surface area contributed by atoms with Gasteiger partial charge in [0, 0.05) is 24.1 Å². The first-order chi connectivity index (χ1) is 9.87. The average molecular weight is 331 g/mol. The van der Waals surface area contributed by atoms with Crippen molar-refractivity contribution >= 4 is 27.8 Å². The third-order valence-corrected chi connectivity index (χ3v) is 6.55. The minimum Gasteiger partial charge on any atom is -0.495 e. The van der Waals surface area contributed by atoms with Crippen LogP contribution in [0.1, 0.15) is 17.3 Å². The molecule has 2 rings (SSSR count). The van der Waals surface area contributed by atoms with E-state index < -0.39 is 16.0 Å². The van der Waals surface area contributed by atoms with Gasteiger partial charge in [-0.1, -0.05) is 0 Å². The Labute approximate surface area is 128 Å². The second-order valence-electron chi connectivity index (χ2n) is 4.71. The molecule has 0 amide bonds. The van der Waals surface area contributed by atoms with E-state index in [4.69, 9.17) is 9.84 Å². The van der Waals surface area contributed by atoms with Gasteiger partial charge in [0.05, 0.1) is 12.7 Å². The molecule has 1 saturated heterocycles. The van der Waals surface area contributed by atoms with Crippen LogP contribution in [0.15, 0.2) is 23.1 Å². The maximum Gasteiger partial charge on any atom is 0.335 e. The van der Waals surface area contributed by atoms with Gasteiger partial charge in [0.25, 0.3) is 0 Å². The van der Waals surface area contributed by atoms with E-state index in [1.165, 1.54) is 29.6 Å². The molecule has 0 aromatic heterocycles. The molecule has 1 aliphatic heterocycles. The Bertz CT molecular complexity index is 644. The predicted octanol–water partition coefficient (Wildman–Crippen LogP) is 1.52. The smallest absolute Gasteiger partial charge is 0.335 e. The van der Waals surface area contributed by atoms with E-state index in [9.17, 15) is 13.2 Å². The molecule has 8 heteroatoms. The summed E-state index contributed by atoms with van der Waals surface area (Å²) in [4.78, 5) is 11.0. The first-order valence-electron chi connectivity index (χ1n) is 6.39. The Morgan fingerprint density at radius 2 is 2.19 bits per heavy atom. The maximum atomic E-state index is 12.7. The van der Waals surface area contributed by atoms with Gasteiger partial charge in [-0.15, -0.1) is 0 Å². The normalized spacial score (nSPS) is 20.2. The van der Waals surface area contributed by atoms with Crippen molar-refractivity contribution in [3.05, 3.63) is 23.8 Å².